The van der Waals surface area contributed by atoms with E-state index < -0.39 is 22.4 Å². The van der Waals surface area contributed by atoms with Crippen LogP contribution in [-0.2, 0) is 94.4 Å². The Labute approximate surface area is 816 Å². The summed E-state index contributed by atoms with van der Waals surface area (Å²) < 4.78 is 74.6. The van der Waals surface area contributed by atoms with Gasteiger partial charge in [-0.3, -0.25) is 14.5 Å². The predicted molar refractivity (Wildman–Crippen MR) is 471 cm³/mol. The SMILES string of the molecule is COC1=CC=C2C3Cc4ccc(OC)c5c4C2(CCN3C)C1O5.COc1ccc2c3c1O[C@@H]1C34CCN(C)C(C2)[C@]42C=C[C@@]1(OC)[C@@H](C(C)=O)C2.COc1ccc2c3c1O[C@@H]1C34CCN(C)C(C2)[C@]42CC[C@@]1(OC)[C@@H](C(C)=O)C2.COc1ccc2c3c1O[C@@H]1C34CCN(C)C(C2)[C@]42CC[C@@]1(OC)[C@@H]([C@](C)(O)C(C)(C)C)C2.C[C-](C)C.N#CBr.[CH3-].[Cl-].[K].[Mg+2].[V]. The zero-order chi connectivity index (χ0) is 83.9. The van der Waals surface area contributed by atoms with Crippen molar-refractivity contribution in [2.24, 2.45) is 39.4 Å². The van der Waals surface area contributed by atoms with E-state index in [0.717, 1.165) is 174 Å². The molecule has 14 aliphatic carbocycles. The number of hydrogen-bond acceptors (Lipinski definition) is 20. The van der Waals surface area contributed by atoms with Crippen LogP contribution in [0.1, 0.15) is 177 Å². The topological polar surface area (TPSA) is 202 Å². The minimum Gasteiger partial charge on any atom is -1.00 e. The molecule has 0 amide bonds. The van der Waals surface area contributed by atoms with Gasteiger partial charge in [0.25, 0.3) is 0 Å². The summed E-state index contributed by atoms with van der Waals surface area (Å²) >= 11 is 2.45. The number of halogens is 2. The van der Waals surface area contributed by atoms with Gasteiger partial charge in [-0.2, -0.15) is 26.0 Å². The summed E-state index contributed by atoms with van der Waals surface area (Å²) in [6.45, 7) is 22.5. The summed E-state index contributed by atoms with van der Waals surface area (Å²) in [6, 6.07) is 18.9. The standard InChI is InChI=1S/C27H39NO4.C23H29NO4.C23H27NO4.C19H21NO3.C4H9.CBrN.CH3.ClH.K.Mg.V/c1-23(2,3)24(4,29)18-15-25-10-11-27(18,31-7)22-26(25)12-13-28(5)19(25)14-16-8-9-17(30-6)21(32-22)20(16)26;2*1-13(25)15-12-21-7-8-23(15,27-4)20-22(21)9-10-24(2)17(21)11-14-5-6-16(26-3)19(28-20)18(14)22;1-20-9-8-19-12-5-7-15(22-3)18(19)23-17-14(21-2)6-4-11(16(17)19)10-13(12)20;1-4(2)3;2-1-3;;;;;/h8-9,18-19,22,29H,10-15H2,1-7H3;5-6,15,17,20H,7-12H2,1-4H3;5-8,15,17,20H,9-12H2,1-4H3;4-7,13,18H,8-10H2,1-3H3;1-3H3;;1H3;1H;;;/q;;;;-1;;-1;;;+2;/p-1/t18-,19?,22-,24+,25-,26?,27-;2*15-,17?,20-,21-,22?,23-;;;;;;;;/m111......../s1. The largest absolute Gasteiger partial charge is 2.00 e. The van der Waals surface area contributed by atoms with Gasteiger partial charge in [0.1, 0.15) is 57.4 Å². The van der Waals surface area contributed by atoms with Crippen LogP contribution in [-0.4, -0.2) is 293 Å². The summed E-state index contributed by atoms with van der Waals surface area (Å²) in [5.74, 6) is 9.45. The van der Waals surface area contributed by atoms with Crippen molar-refractivity contribution in [3.05, 3.63) is 142 Å². The summed E-state index contributed by atoms with van der Waals surface area (Å²) in [6.07, 6.45) is 23.6. The van der Waals surface area contributed by atoms with Gasteiger partial charge >= 0.3 is 23.1 Å². The number of benzene rings is 4. The quantitative estimate of drug-likeness (QED) is 0.0843. The number of carbonyl (C=O) groups is 2. The van der Waals surface area contributed by atoms with Gasteiger partial charge in [-0.1, -0.05) is 63.3 Å². The second-order valence-electron chi connectivity index (χ2n) is 40.1. The number of Topliss-reactive ketones (excluding diaryl/α,β-unsaturated/α-hetero) is 2. The third-order valence-corrected chi connectivity index (χ3v) is 35.3. The molecule has 25 heteroatoms. The van der Waals surface area contributed by atoms with Crippen LogP contribution in [0.5, 0.6) is 46.0 Å². The molecule has 7 saturated carbocycles. The van der Waals surface area contributed by atoms with E-state index >= 15 is 0 Å². The number of rotatable bonds is 11. The van der Waals surface area contributed by atoms with Crippen molar-refractivity contribution in [2.45, 2.75) is 251 Å². The van der Waals surface area contributed by atoms with Gasteiger partial charge in [0, 0.05) is 187 Å². The number of fused-ring (bicyclic) bond motifs is 5. The fourth-order valence-corrected chi connectivity index (χ4v) is 30.1. The molecule has 22 aliphatic rings. The van der Waals surface area contributed by atoms with Gasteiger partial charge in [0.2, 0.25) is 0 Å². The molecule has 20 nitrogen and oxygen atoms in total. The number of likely N-dealkylation sites (N-methyl/N-ethyl adjacent to an activating group) is 4. The van der Waals surface area contributed by atoms with Crippen LogP contribution < -0.4 is 50.3 Å². The van der Waals surface area contributed by atoms with Crippen LogP contribution in [0.2, 0.25) is 0 Å². The Morgan fingerprint density at radius 3 is 1.40 bits per heavy atom. The fraction of sp³-hybridized carbons (Fsp3) is 0.643. The maximum Gasteiger partial charge on any atom is 2.00 e. The first kappa shape index (κ1) is 97.1. The van der Waals surface area contributed by atoms with Gasteiger partial charge in [0.15, 0.2) is 52.1 Å². The third kappa shape index (κ3) is 12.3. The van der Waals surface area contributed by atoms with E-state index in [1.807, 2.05) is 26.2 Å². The normalized spacial score (nSPS) is 38.2. The maximum atomic E-state index is 12.8. The van der Waals surface area contributed by atoms with E-state index in [1.165, 1.54) is 56.0 Å². The Morgan fingerprint density at radius 1 is 0.528 bits per heavy atom. The Balaban J connectivity index is 0.000000136. The average molecular weight is 1850 g/mol. The van der Waals surface area contributed by atoms with Crippen molar-refractivity contribution in [1.82, 2.24) is 19.6 Å². The molecule has 11 fully saturated rings. The molecule has 123 heavy (non-hydrogen) atoms. The van der Waals surface area contributed by atoms with Crippen molar-refractivity contribution >= 4 is 102 Å². The molecule has 9 unspecified atom stereocenters. The number of ketones is 2. The van der Waals surface area contributed by atoms with Crippen molar-refractivity contribution in [2.75, 3.05) is 111 Å². The van der Waals surface area contributed by atoms with Crippen molar-refractivity contribution < 1.29 is 103 Å². The minimum absolute atomic E-state index is 0. The van der Waals surface area contributed by atoms with Crippen LogP contribution in [0.25, 0.3) is 0 Å². The van der Waals surface area contributed by atoms with E-state index in [9.17, 15) is 14.7 Å². The zero-order valence-electron chi connectivity index (χ0n) is 77.0. The molecule has 4 aromatic rings. The predicted octanol–water partition coefficient (Wildman–Crippen LogP) is 10.8. The summed E-state index contributed by atoms with van der Waals surface area (Å²) in [5, 5.41) is 19.3. The molecule has 0 aromatic heterocycles. The molecule has 26 rings (SSSR count). The fourth-order valence-electron chi connectivity index (χ4n) is 30.1. The van der Waals surface area contributed by atoms with Crippen LogP contribution >= 0.6 is 15.9 Å². The van der Waals surface area contributed by atoms with Crippen LogP contribution in [0.4, 0.5) is 0 Å². The second kappa shape index (κ2) is 33.7. The molecule has 7 spiro atoms. The Hall–Kier alpha value is -3.43. The number of ether oxygens (including phenoxy) is 12. The van der Waals surface area contributed by atoms with E-state index in [4.69, 9.17) is 62.1 Å². The first-order valence-corrected chi connectivity index (χ1v) is 44.2. The van der Waals surface area contributed by atoms with Crippen LogP contribution in [0.15, 0.2) is 84.2 Å². The molecule has 1 N–H and O–H groups in total. The first-order chi connectivity index (χ1) is 56.2. The molecular formula is C98H128BrClKMgN5O15V-. The number of hydrogen-bond donors (Lipinski definition) is 1. The molecule has 4 aromatic carbocycles. The summed E-state index contributed by atoms with van der Waals surface area (Å²) in [7, 11) is 23.0. The smallest absolute Gasteiger partial charge is 1.00 e. The number of aliphatic hydroxyl groups is 1. The average Bonchev–Trinajstić information content (AvgIpc) is 1.56. The number of allylic oxidation sites excluding steroid dienone is 2. The number of piperidine rings is 4. The molecule has 22 atom stereocenters. The van der Waals surface area contributed by atoms with Gasteiger partial charge in [-0.15, -0.1) is 0 Å². The van der Waals surface area contributed by atoms with E-state index in [-0.39, 0.29) is 210 Å². The van der Waals surface area contributed by atoms with E-state index in [0.29, 0.717) is 24.2 Å². The van der Waals surface area contributed by atoms with Gasteiger partial charge < -0.3 is 102 Å². The summed E-state index contributed by atoms with van der Waals surface area (Å²) in [5.41, 5.74) is 9.29. The Bertz CT molecular complexity index is 4950. The van der Waals surface area contributed by atoms with Crippen molar-refractivity contribution in [1.29, 1.82) is 5.26 Å². The van der Waals surface area contributed by atoms with E-state index in [2.05, 4.69) is 166 Å². The van der Waals surface area contributed by atoms with Crippen LogP contribution in [0, 0.1) is 63.0 Å². The Morgan fingerprint density at radius 2 is 0.943 bits per heavy atom. The number of methoxy groups -OCH3 is 8. The van der Waals surface area contributed by atoms with Gasteiger partial charge in [-0.25, -0.2) is 0 Å². The number of nitriles is 1. The van der Waals surface area contributed by atoms with Gasteiger partial charge in [0.05, 0.1) is 63.8 Å². The van der Waals surface area contributed by atoms with Crippen molar-refractivity contribution in [3.63, 3.8) is 0 Å². The monoisotopic (exact) mass is 1840 g/mol. The molecule has 4 saturated heterocycles. The minimum atomic E-state index is -0.882. The Kier molecular flexibility index (Phi) is 26.6. The number of carbonyl (C=O) groups excluding carboxylic acids is 2. The zero-order valence-corrected chi connectivity index (χ0v) is 85.3. The van der Waals surface area contributed by atoms with Gasteiger partial charge in [-0.05, 0) is 235 Å². The molecule has 2 radical (unpaired) electrons. The van der Waals surface area contributed by atoms with Crippen molar-refractivity contribution in [3.8, 4) is 51.0 Å². The van der Waals surface area contributed by atoms with E-state index in [1.54, 1.807) is 68.6 Å². The number of nitrogens with zero attached hydrogens (tertiary/aromatic N) is 5. The molecular weight excluding hydrogens is 1720 g/mol. The van der Waals surface area contributed by atoms with Crippen LogP contribution in [0.3, 0.4) is 0 Å². The summed E-state index contributed by atoms with van der Waals surface area (Å²) in [4.78, 5) is 37.3. The molecule has 8 heterocycles. The third-order valence-electron chi connectivity index (χ3n) is 35.3. The molecule has 14 bridgehead atoms. The first-order valence-electron chi connectivity index (χ1n) is 43.4. The molecule has 658 valence electrons. The number of likely N-dealkylation sites (tertiary alicyclic amines) is 4. The second-order valence-corrected chi connectivity index (χ2v) is 40.5. The maximum absolute atomic E-state index is 12.8. The molecule has 8 aliphatic heterocycles.